The summed E-state index contributed by atoms with van der Waals surface area (Å²) >= 11 is 0. The molecule has 4 nitrogen and oxygen atoms in total. The maximum absolute atomic E-state index is 12.3. The first-order valence-electron chi connectivity index (χ1n) is 6.17. The van der Waals surface area contributed by atoms with Crippen molar-refractivity contribution in [3.05, 3.63) is 42.1 Å². The highest BCUT2D eigenvalue weighted by Gasteiger charge is 2.24. The third kappa shape index (κ3) is 2.55. The number of hydrogen-bond acceptors (Lipinski definition) is 3. The molecule has 1 amide bonds. The normalized spacial score (nSPS) is 13.5. The van der Waals surface area contributed by atoms with Crippen LogP contribution in [0.25, 0.3) is 10.9 Å². The molecule has 0 aliphatic heterocycles. The van der Waals surface area contributed by atoms with E-state index in [9.17, 15) is 4.79 Å². The summed E-state index contributed by atoms with van der Waals surface area (Å²) in [5.74, 6) is -0.246. The lowest BCUT2D eigenvalue weighted by molar-refractivity contribution is 0.0924. The van der Waals surface area contributed by atoms with Gasteiger partial charge in [-0.05, 0) is 25.5 Å². The first kappa shape index (κ1) is 13.0. The number of amides is 1. The van der Waals surface area contributed by atoms with E-state index in [0.29, 0.717) is 12.0 Å². The van der Waals surface area contributed by atoms with E-state index in [1.165, 1.54) is 0 Å². The predicted molar refractivity (Wildman–Crippen MR) is 73.5 cm³/mol. The molecule has 0 radical (unpaired) electrons. The molecular weight excluding hydrogens is 238 g/mol. The summed E-state index contributed by atoms with van der Waals surface area (Å²) < 4.78 is 0. The van der Waals surface area contributed by atoms with Gasteiger partial charge in [0, 0.05) is 11.6 Å². The monoisotopic (exact) mass is 253 g/mol. The van der Waals surface area contributed by atoms with Gasteiger partial charge in [0.25, 0.3) is 5.91 Å². The summed E-state index contributed by atoms with van der Waals surface area (Å²) in [6.45, 7) is 3.59. The van der Waals surface area contributed by atoms with Gasteiger partial charge >= 0.3 is 0 Å². The number of para-hydroxylation sites is 1. The van der Waals surface area contributed by atoms with Crippen molar-refractivity contribution in [2.24, 2.45) is 0 Å². The quantitative estimate of drug-likeness (QED) is 0.914. The first-order chi connectivity index (χ1) is 9.09. The molecule has 0 aliphatic rings. The van der Waals surface area contributed by atoms with Gasteiger partial charge < -0.3 is 5.32 Å². The van der Waals surface area contributed by atoms with Gasteiger partial charge in [-0.1, -0.05) is 25.1 Å². The Morgan fingerprint density at radius 2 is 2.16 bits per heavy atom. The molecule has 19 heavy (non-hydrogen) atoms. The number of pyridine rings is 1. The third-order valence-corrected chi connectivity index (χ3v) is 3.24. The molecule has 96 valence electrons. The minimum Gasteiger partial charge on any atom is -0.334 e. The molecule has 2 aromatic rings. The fraction of sp³-hybridized carbons (Fsp3) is 0.267. The maximum Gasteiger partial charge on any atom is 0.253 e. The molecule has 2 rings (SSSR count). The van der Waals surface area contributed by atoms with E-state index >= 15 is 0 Å². The maximum atomic E-state index is 12.3. The number of benzene rings is 1. The molecule has 0 saturated heterocycles. The summed E-state index contributed by atoms with van der Waals surface area (Å²) in [7, 11) is 0. The molecule has 0 aliphatic carbocycles. The number of rotatable bonds is 3. The first-order valence-corrected chi connectivity index (χ1v) is 6.17. The van der Waals surface area contributed by atoms with Crippen LogP contribution < -0.4 is 5.32 Å². The molecule has 1 N–H and O–H groups in total. The third-order valence-electron chi connectivity index (χ3n) is 3.24. The van der Waals surface area contributed by atoms with E-state index in [1.807, 2.05) is 31.2 Å². The van der Waals surface area contributed by atoms with Crippen LogP contribution in [0, 0.1) is 11.3 Å². The van der Waals surface area contributed by atoms with Crippen LogP contribution in [-0.2, 0) is 0 Å². The molecule has 4 heteroatoms. The summed E-state index contributed by atoms with van der Waals surface area (Å²) in [5.41, 5.74) is 0.465. The number of aromatic nitrogens is 1. The number of nitrogens with zero attached hydrogens (tertiary/aromatic N) is 2. The molecular formula is C15H15N3O. The minimum atomic E-state index is -0.846. The molecule has 0 bridgehead atoms. The van der Waals surface area contributed by atoms with Crippen molar-refractivity contribution in [2.45, 2.75) is 25.8 Å². The number of nitriles is 1. The smallest absolute Gasteiger partial charge is 0.253 e. The Morgan fingerprint density at radius 1 is 1.42 bits per heavy atom. The van der Waals surface area contributed by atoms with Crippen molar-refractivity contribution < 1.29 is 4.79 Å². The Kier molecular flexibility index (Phi) is 3.48. The van der Waals surface area contributed by atoms with E-state index in [4.69, 9.17) is 5.26 Å². The van der Waals surface area contributed by atoms with Crippen molar-refractivity contribution in [3.8, 4) is 6.07 Å². The van der Waals surface area contributed by atoms with E-state index in [1.54, 1.807) is 19.2 Å². The van der Waals surface area contributed by atoms with Crippen LogP contribution in [0.2, 0.25) is 0 Å². The Morgan fingerprint density at radius 3 is 2.84 bits per heavy atom. The number of carbonyl (C=O) groups is 1. The van der Waals surface area contributed by atoms with Crippen molar-refractivity contribution in [3.63, 3.8) is 0 Å². The van der Waals surface area contributed by atoms with Crippen LogP contribution in [0.4, 0.5) is 0 Å². The van der Waals surface area contributed by atoms with Crippen molar-refractivity contribution >= 4 is 16.8 Å². The van der Waals surface area contributed by atoms with Gasteiger partial charge in [0.05, 0.1) is 17.1 Å². The van der Waals surface area contributed by atoms with Gasteiger partial charge in [-0.15, -0.1) is 0 Å². The average molecular weight is 253 g/mol. The summed E-state index contributed by atoms with van der Waals surface area (Å²) in [6, 6.07) is 11.3. The molecule has 1 aromatic carbocycles. The van der Waals surface area contributed by atoms with E-state index in [0.717, 1.165) is 10.9 Å². The van der Waals surface area contributed by atoms with Crippen LogP contribution in [-0.4, -0.2) is 16.4 Å². The van der Waals surface area contributed by atoms with Gasteiger partial charge in [-0.3, -0.25) is 9.78 Å². The van der Waals surface area contributed by atoms with E-state index in [-0.39, 0.29) is 5.91 Å². The molecule has 1 heterocycles. The van der Waals surface area contributed by atoms with E-state index in [2.05, 4.69) is 16.4 Å². The summed E-state index contributed by atoms with van der Waals surface area (Å²) in [6.07, 6.45) is 2.16. The molecule has 1 atom stereocenters. The zero-order chi connectivity index (χ0) is 13.9. The fourth-order valence-corrected chi connectivity index (χ4v) is 1.81. The Hall–Kier alpha value is -2.41. The van der Waals surface area contributed by atoms with Crippen LogP contribution in [0.15, 0.2) is 36.5 Å². The molecule has 0 spiro atoms. The lowest BCUT2D eigenvalue weighted by Crippen LogP contribution is -2.44. The molecule has 1 unspecified atom stereocenters. The van der Waals surface area contributed by atoms with Crippen LogP contribution in [0.1, 0.15) is 30.6 Å². The minimum absolute atomic E-state index is 0.246. The zero-order valence-electron chi connectivity index (χ0n) is 11.0. The topological polar surface area (TPSA) is 65.8 Å². The highest BCUT2D eigenvalue weighted by Crippen LogP contribution is 2.17. The van der Waals surface area contributed by atoms with Crippen molar-refractivity contribution in [1.29, 1.82) is 5.26 Å². The number of hydrogen-bond donors (Lipinski definition) is 1. The van der Waals surface area contributed by atoms with Gasteiger partial charge in [-0.25, -0.2) is 0 Å². The molecule has 0 saturated carbocycles. The highest BCUT2D eigenvalue weighted by atomic mass is 16.1. The van der Waals surface area contributed by atoms with Crippen molar-refractivity contribution in [2.75, 3.05) is 0 Å². The highest BCUT2D eigenvalue weighted by molar-refractivity contribution is 6.06. The average Bonchev–Trinajstić information content (AvgIpc) is 2.46. The fourth-order valence-electron chi connectivity index (χ4n) is 1.81. The predicted octanol–water partition coefficient (Wildman–Crippen LogP) is 2.66. The van der Waals surface area contributed by atoms with Gasteiger partial charge in [-0.2, -0.15) is 5.26 Å². The lowest BCUT2D eigenvalue weighted by Gasteiger charge is -2.21. The van der Waals surface area contributed by atoms with Crippen LogP contribution in [0.5, 0.6) is 0 Å². The van der Waals surface area contributed by atoms with Crippen LogP contribution >= 0.6 is 0 Å². The Labute approximate surface area is 112 Å². The Balaban J connectivity index is 2.40. The second kappa shape index (κ2) is 5.07. The van der Waals surface area contributed by atoms with Crippen LogP contribution in [0.3, 0.4) is 0 Å². The number of carbonyl (C=O) groups excluding carboxylic acids is 1. The lowest BCUT2D eigenvalue weighted by atomic mass is 10.00. The SMILES string of the molecule is CCC(C)(C#N)NC(=O)c1ccnc2ccccc12. The van der Waals surface area contributed by atoms with E-state index < -0.39 is 5.54 Å². The number of nitrogens with one attached hydrogen (secondary N) is 1. The van der Waals surface area contributed by atoms with Crippen molar-refractivity contribution in [1.82, 2.24) is 10.3 Å². The number of fused-ring (bicyclic) bond motifs is 1. The second-order valence-electron chi connectivity index (χ2n) is 4.63. The standard InChI is InChI=1S/C15H15N3O/c1-3-15(2,10-16)18-14(19)12-8-9-17-13-7-5-4-6-11(12)13/h4-9H,3H2,1-2H3,(H,18,19). The van der Waals surface area contributed by atoms with Gasteiger partial charge in [0.15, 0.2) is 0 Å². The van der Waals surface area contributed by atoms with Gasteiger partial charge in [0.2, 0.25) is 0 Å². The largest absolute Gasteiger partial charge is 0.334 e. The van der Waals surface area contributed by atoms with Gasteiger partial charge in [0.1, 0.15) is 5.54 Å². The molecule has 0 fully saturated rings. The molecule has 1 aromatic heterocycles. The summed E-state index contributed by atoms with van der Waals surface area (Å²) in [4.78, 5) is 16.5. The summed E-state index contributed by atoms with van der Waals surface area (Å²) in [5, 5.41) is 12.7. The Bertz CT molecular complexity index is 654. The second-order valence-corrected chi connectivity index (χ2v) is 4.63. The zero-order valence-corrected chi connectivity index (χ0v) is 11.0.